The number of rotatable bonds is 4. The Morgan fingerprint density at radius 2 is 0.500 bits per heavy atom. The molecular weight excluding hydrogens is 445 g/mol. The Labute approximate surface area is 121 Å². The molecule has 22 heavy (non-hydrogen) atoms. The van der Waals surface area contributed by atoms with Gasteiger partial charge in [-0.1, -0.05) is 22.8 Å². The molecule has 128 valence electrons. The summed E-state index contributed by atoms with van der Waals surface area (Å²) >= 11 is 0. The van der Waals surface area contributed by atoms with E-state index in [0.29, 0.717) is 0 Å². The molecule has 0 aromatic rings. The summed E-state index contributed by atoms with van der Waals surface area (Å²) in [4.78, 5) is 0. The lowest BCUT2D eigenvalue weighted by Gasteiger charge is -2.33. The first kappa shape index (κ1) is 20.0. The van der Waals surface area contributed by atoms with E-state index in [-0.39, 0.29) is 0 Å². The molecule has 0 saturated carbocycles. The second kappa shape index (κ2) is 5.22. The van der Waals surface area contributed by atoms with Crippen LogP contribution in [0.1, 0.15) is 0 Å². The Bertz CT molecular complexity index is 400. The maximum absolute atomic E-state index is 12.8. The van der Waals surface area contributed by atoms with E-state index in [2.05, 4.69) is 0 Å². The van der Waals surface area contributed by atoms with Gasteiger partial charge in [-0.15, -0.1) is 0 Å². The zero-order valence-corrected chi connectivity index (χ0v) is 15.8. The van der Waals surface area contributed by atoms with Crippen molar-refractivity contribution >= 4 is 48.6 Å². The highest BCUT2D eigenvalue weighted by molar-refractivity contribution is 7.69. The van der Waals surface area contributed by atoms with Gasteiger partial charge in [-0.25, -0.2) is 49.3 Å². The molecule has 0 aromatic heterocycles. The third-order valence-corrected chi connectivity index (χ3v) is 35.7. The molecular formula is C4H4F12Si6. The lowest BCUT2D eigenvalue weighted by molar-refractivity contribution is 0.485. The van der Waals surface area contributed by atoms with E-state index in [1.165, 1.54) is 0 Å². The molecule has 0 spiro atoms. The predicted octanol–water partition coefficient (Wildman–Crippen LogP) is 3.87. The van der Waals surface area contributed by atoms with Crippen molar-refractivity contribution in [1.29, 1.82) is 0 Å². The van der Waals surface area contributed by atoms with Crippen molar-refractivity contribution in [3.63, 3.8) is 0 Å². The van der Waals surface area contributed by atoms with Crippen LogP contribution in [0.5, 0.6) is 0 Å². The quantitative estimate of drug-likeness (QED) is 0.348. The van der Waals surface area contributed by atoms with Crippen molar-refractivity contribution in [2.24, 2.45) is 0 Å². The number of halogens is 12. The van der Waals surface area contributed by atoms with Gasteiger partial charge < -0.3 is 0 Å². The third kappa shape index (κ3) is 2.87. The molecule has 1 aliphatic heterocycles. The number of hydrogen-bond acceptors (Lipinski definition) is 0. The highest BCUT2D eigenvalue weighted by atomic mass is 29.7. The van der Waals surface area contributed by atoms with Crippen LogP contribution in [0.15, 0.2) is 22.8 Å². The lowest BCUT2D eigenvalue weighted by atomic mass is 11.2. The van der Waals surface area contributed by atoms with Gasteiger partial charge in [0.15, 0.2) is 0 Å². The second-order valence-corrected chi connectivity index (χ2v) is 32.9. The molecule has 0 saturated heterocycles. The number of hydrogen-bond donors (Lipinski definition) is 0. The molecule has 18 heteroatoms. The minimum Gasteiger partial charge on any atom is -0.240 e. The molecule has 0 nitrogen and oxygen atoms in total. The Morgan fingerprint density at radius 3 is 0.591 bits per heavy atom. The fraction of sp³-hybridized carbons (Fsp3) is 0. The van der Waals surface area contributed by atoms with Crippen molar-refractivity contribution in [1.82, 2.24) is 0 Å². The Hall–Kier alpha value is -0.0587. The molecule has 0 N–H and O–H groups in total. The van der Waals surface area contributed by atoms with Crippen LogP contribution < -0.4 is 0 Å². The van der Waals surface area contributed by atoms with Crippen LogP contribution in [0, 0.1) is 0 Å². The average molecular weight is 449 g/mol. The maximum atomic E-state index is 12.8. The van der Waals surface area contributed by atoms with Crippen molar-refractivity contribution < 1.29 is 49.3 Å². The molecule has 0 radical (unpaired) electrons. The third-order valence-electron chi connectivity index (χ3n) is 3.09. The van der Waals surface area contributed by atoms with E-state index in [9.17, 15) is 49.3 Å². The summed E-state index contributed by atoms with van der Waals surface area (Å²) in [6, 6.07) is 0. The SMILES string of the molecule is F[Si](F)(F)[Si]1([Si](F)(F)F)C=C[Si]([Si](F)(F)F)([Si](F)(F)F)C=C1. The highest BCUT2D eigenvalue weighted by Crippen LogP contribution is 2.44. The second-order valence-electron chi connectivity index (χ2n) is 4.40. The fourth-order valence-electron chi connectivity index (χ4n) is 1.71. The summed E-state index contributed by atoms with van der Waals surface area (Å²) in [5.41, 5.74) is -3.06. The van der Waals surface area contributed by atoms with Gasteiger partial charge in [0.25, 0.3) is 0 Å². The monoisotopic (exact) mass is 448 g/mol. The first-order chi connectivity index (χ1) is 9.41. The average Bonchev–Trinajstić information content (AvgIpc) is 2.22. The molecule has 0 aliphatic carbocycles. The molecule has 0 atom stereocenters. The van der Waals surface area contributed by atoms with Crippen molar-refractivity contribution in [2.75, 3.05) is 0 Å². The van der Waals surface area contributed by atoms with Crippen LogP contribution in [-0.2, 0) is 0 Å². The minimum absolute atomic E-state index is 0.765. The van der Waals surface area contributed by atoms with Gasteiger partial charge in [-0.3, -0.25) is 0 Å². The maximum Gasteiger partial charge on any atom is 0.598 e. The summed E-state index contributed by atoms with van der Waals surface area (Å²) in [6.45, 7) is 0. The molecule has 1 heterocycles. The van der Waals surface area contributed by atoms with Crippen LogP contribution in [0.3, 0.4) is 0 Å². The molecule has 0 fully saturated rings. The molecule has 1 aliphatic rings. The topological polar surface area (TPSA) is 0 Å². The van der Waals surface area contributed by atoms with Crippen molar-refractivity contribution in [2.45, 2.75) is 0 Å². The molecule has 0 unspecified atom stereocenters. The van der Waals surface area contributed by atoms with Gasteiger partial charge in [0.1, 0.15) is 0 Å². The van der Waals surface area contributed by atoms with Gasteiger partial charge in [0.2, 0.25) is 0 Å². The Morgan fingerprint density at radius 1 is 0.364 bits per heavy atom. The molecule has 1 rings (SSSR count). The smallest absolute Gasteiger partial charge is 0.240 e. The van der Waals surface area contributed by atoms with Gasteiger partial charge in [0.05, 0.1) is 0 Å². The van der Waals surface area contributed by atoms with E-state index in [4.69, 9.17) is 0 Å². The summed E-state index contributed by atoms with van der Waals surface area (Å²) in [7, 11) is -42.7. The predicted molar refractivity (Wildman–Crippen MR) is 66.1 cm³/mol. The van der Waals surface area contributed by atoms with E-state index in [1.807, 2.05) is 0 Å². The van der Waals surface area contributed by atoms with E-state index in [0.717, 1.165) is 0 Å². The van der Waals surface area contributed by atoms with Crippen LogP contribution in [-0.4, -0.2) is 48.6 Å². The van der Waals surface area contributed by atoms with Gasteiger partial charge in [-0.05, 0) is 0 Å². The van der Waals surface area contributed by atoms with Gasteiger partial charge in [-0.2, -0.15) is 0 Å². The largest absolute Gasteiger partial charge is 0.598 e. The zero-order chi connectivity index (χ0) is 17.8. The summed E-state index contributed by atoms with van der Waals surface area (Å²) in [5.74, 6) is 0. The molecule has 0 aromatic carbocycles. The lowest BCUT2D eigenvalue weighted by Crippen LogP contribution is -2.73. The first-order valence-corrected chi connectivity index (χ1v) is 19.9. The van der Waals surface area contributed by atoms with Crippen LogP contribution >= 0.6 is 0 Å². The van der Waals surface area contributed by atoms with Crippen molar-refractivity contribution in [3.8, 4) is 0 Å². The minimum atomic E-state index is -7.50. The fourth-order valence-corrected chi connectivity index (χ4v) is 26.5. The van der Waals surface area contributed by atoms with Crippen molar-refractivity contribution in [3.05, 3.63) is 22.8 Å². The molecule has 0 amide bonds. The normalized spacial score (nSPS) is 22.0. The van der Waals surface area contributed by atoms with Gasteiger partial charge >= 0.3 is 48.6 Å². The van der Waals surface area contributed by atoms with Gasteiger partial charge in [0, 0.05) is 0 Å². The molecule has 0 bridgehead atoms. The van der Waals surface area contributed by atoms with E-state index >= 15 is 0 Å². The zero-order valence-electron chi connectivity index (χ0n) is 9.84. The van der Waals surface area contributed by atoms with E-state index < -0.39 is 71.4 Å². The van der Waals surface area contributed by atoms with Crippen LogP contribution in [0.2, 0.25) is 0 Å². The van der Waals surface area contributed by atoms with E-state index in [1.54, 1.807) is 0 Å². The standard InChI is InChI=1S/C4H4F12Si6/c5-19(6,7)17(20(8,9)10)1-2-18(4-3-17,21(11,12)13)22(14,15)16/h1-4H. The Balaban J connectivity index is 3.57. The van der Waals surface area contributed by atoms with Crippen LogP contribution in [0.25, 0.3) is 0 Å². The summed E-state index contributed by atoms with van der Waals surface area (Å²) in [6.07, 6.45) is 0. The first-order valence-electron chi connectivity index (χ1n) is 5.09. The highest BCUT2D eigenvalue weighted by Gasteiger charge is 2.84. The Kier molecular flexibility index (Phi) is 4.74. The summed E-state index contributed by atoms with van der Waals surface area (Å²) < 4.78 is 154. The van der Waals surface area contributed by atoms with Crippen LogP contribution in [0.4, 0.5) is 49.3 Å². The summed E-state index contributed by atoms with van der Waals surface area (Å²) in [5, 5.41) is 0.